The van der Waals surface area contributed by atoms with E-state index in [1.165, 1.54) is 6.92 Å². The molecule has 0 unspecified atom stereocenters. The van der Waals surface area contributed by atoms with E-state index < -0.39 is 29.4 Å². The zero-order valence-corrected chi connectivity index (χ0v) is 18.1. The highest BCUT2D eigenvalue weighted by Gasteiger charge is 2.81. The van der Waals surface area contributed by atoms with Crippen LogP contribution in [-0.4, -0.2) is 46.6 Å². The number of esters is 1. The molecule has 5 rings (SSSR count). The van der Waals surface area contributed by atoms with Crippen molar-refractivity contribution in [2.75, 3.05) is 6.61 Å². The molecule has 1 N–H and O–H groups in total. The summed E-state index contributed by atoms with van der Waals surface area (Å²) in [5.41, 5.74) is -1.71. The van der Waals surface area contributed by atoms with Crippen LogP contribution in [0.25, 0.3) is 0 Å². The fraction of sp³-hybridized carbons (Fsp3) is 0.708. The van der Waals surface area contributed by atoms with E-state index in [1.54, 1.807) is 12.2 Å². The summed E-state index contributed by atoms with van der Waals surface area (Å²) in [6, 6.07) is 0. The van der Waals surface area contributed by atoms with E-state index in [4.69, 9.17) is 9.47 Å². The molecule has 3 saturated carbocycles. The molecule has 0 bridgehead atoms. The predicted molar refractivity (Wildman–Crippen MR) is 107 cm³/mol. The smallest absolute Gasteiger partial charge is 0.303 e. The highest BCUT2D eigenvalue weighted by molar-refractivity contribution is 6.01. The molecule has 0 aromatic rings. The van der Waals surface area contributed by atoms with Crippen LogP contribution in [0.1, 0.15) is 53.4 Å². The fourth-order valence-electron chi connectivity index (χ4n) is 7.85. The van der Waals surface area contributed by atoms with Crippen molar-refractivity contribution in [1.82, 2.24) is 0 Å². The second kappa shape index (κ2) is 5.92. The van der Waals surface area contributed by atoms with Gasteiger partial charge in [0.15, 0.2) is 12.4 Å². The van der Waals surface area contributed by atoms with Crippen molar-refractivity contribution in [2.45, 2.75) is 70.7 Å². The zero-order chi connectivity index (χ0) is 21.7. The Morgan fingerprint density at radius 3 is 2.73 bits per heavy atom. The Balaban J connectivity index is 1.52. The van der Waals surface area contributed by atoms with E-state index in [0.29, 0.717) is 6.42 Å². The molecule has 30 heavy (non-hydrogen) atoms. The van der Waals surface area contributed by atoms with Crippen LogP contribution >= 0.6 is 0 Å². The summed E-state index contributed by atoms with van der Waals surface area (Å²) in [7, 11) is 0. The summed E-state index contributed by atoms with van der Waals surface area (Å²) in [5.74, 6) is -0.783. The van der Waals surface area contributed by atoms with Crippen LogP contribution in [0.15, 0.2) is 23.8 Å². The monoisotopic (exact) mass is 414 g/mol. The summed E-state index contributed by atoms with van der Waals surface area (Å²) in [4.78, 5) is 36.3. The lowest BCUT2D eigenvalue weighted by atomic mass is 9.46. The summed E-state index contributed by atoms with van der Waals surface area (Å²) in [5, 5.41) is 11.8. The number of carbonyl (C=O) groups is 3. The van der Waals surface area contributed by atoms with Gasteiger partial charge in [-0.25, -0.2) is 0 Å². The van der Waals surface area contributed by atoms with Crippen LogP contribution in [-0.2, 0) is 23.9 Å². The molecule has 6 heteroatoms. The maximum atomic E-state index is 13.1. The number of fused-ring (bicyclic) bond motifs is 3. The molecule has 0 radical (unpaired) electrons. The number of epoxide rings is 1. The first-order chi connectivity index (χ1) is 14.0. The molecule has 6 nitrogen and oxygen atoms in total. The van der Waals surface area contributed by atoms with Gasteiger partial charge in [0.05, 0.1) is 6.10 Å². The first-order valence-corrected chi connectivity index (χ1v) is 11.0. The largest absolute Gasteiger partial charge is 0.458 e. The number of ketones is 2. The first kappa shape index (κ1) is 20.1. The number of allylic oxidation sites excluding steroid dienone is 2. The number of hydrogen-bond donors (Lipinski definition) is 1. The number of ether oxygens (including phenoxy) is 2. The molecule has 1 saturated heterocycles. The third kappa shape index (κ3) is 2.14. The zero-order valence-electron chi connectivity index (χ0n) is 18.1. The molecule has 1 spiro atoms. The van der Waals surface area contributed by atoms with Gasteiger partial charge in [-0.3, -0.25) is 14.4 Å². The average molecular weight is 414 g/mol. The van der Waals surface area contributed by atoms with Crippen LogP contribution in [0, 0.1) is 28.6 Å². The van der Waals surface area contributed by atoms with Gasteiger partial charge >= 0.3 is 5.97 Å². The third-order valence-corrected chi connectivity index (χ3v) is 9.35. The Hall–Kier alpha value is -1.79. The van der Waals surface area contributed by atoms with Crippen molar-refractivity contribution < 1.29 is 29.0 Å². The summed E-state index contributed by atoms with van der Waals surface area (Å²) >= 11 is 0. The molecule has 4 fully saturated rings. The highest BCUT2D eigenvalue weighted by Crippen LogP contribution is 2.76. The molecule has 0 aromatic heterocycles. The highest BCUT2D eigenvalue weighted by atomic mass is 16.6. The van der Waals surface area contributed by atoms with E-state index in [9.17, 15) is 19.5 Å². The van der Waals surface area contributed by atoms with Crippen molar-refractivity contribution >= 4 is 17.5 Å². The van der Waals surface area contributed by atoms with Gasteiger partial charge in [-0.2, -0.15) is 0 Å². The van der Waals surface area contributed by atoms with E-state index >= 15 is 0 Å². The van der Waals surface area contributed by atoms with Crippen LogP contribution in [0.3, 0.4) is 0 Å². The van der Waals surface area contributed by atoms with Crippen molar-refractivity contribution in [1.29, 1.82) is 0 Å². The van der Waals surface area contributed by atoms with E-state index in [-0.39, 0.29) is 40.7 Å². The van der Waals surface area contributed by atoms with Gasteiger partial charge in [-0.1, -0.05) is 25.5 Å². The van der Waals surface area contributed by atoms with Gasteiger partial charge in [0.2, 0.25) is 5.78 Å². The minimum absolute atomic E-state index is 0.0371. The van der Waals surface area contributed by atoms with E-state index in [2.05, 4.69) is 6.92 Å². The molecule has 1 aliphatic heterocycles. The third-order valence-electron chi connectivity index (χ3n) is 9.35. The maximum absolute atomic E-state index is 13.1. The normalized spacial score (nSPS) is 50.6. The molecule has 8 atom stereocenters. The van der Waals surface area contributed by atoms with Gasteiger partial charge in [-0.05, 0) is 62.5 Å². The van der Waals surface area contributed by atoms with Crippen molar-refractivity contribution in [3.8, 4) is 0 Å². The SMILES string of the molecule is CC(=O)OCC(=O)[C@@]1(O)[C@@H](C)C[C@H]2[C@@H]3CCC4=CC(=O)C=C[C@]4(C)[C@]34O[C@@H]4C[C@@]21C. The molecule has 162 valence electrons. The number of aliphatic hydroxyl groups is 1. The number of carbonyl (C=O) groups excluding carboxylic acids is 3. The predicted octanol–water partition coefficient (Wildman–Crippen LogP) is 2.53. The summed E-state index contributed by atoms with van der Waals surface area (Å²) in [6.45, 7) is 7.00. The Labute approximate surface area is 176 Å². The van der Waals surface area contributed by atoms with Crippen molar-refractivity contribution in [3.63, 3.8) is 0 Å². The lowest BCUT2D eigenvalue weighted by molar-refractivity contribution is -0.170. The first-order valence-electron chi connectivity index (χ1n) is 11.0. The molecule has 5 aliphatic rings. The fourth-order valence-corrected chi connectivity index (χ4v) is 7.85. The van der Waals surface area contributed by atoms with Crippen molar-refractivity contribution in [3.05, 3.63) is 23.8 Å². The molecular formula is C24H30O6. The molecule has 1 heterocycles. The van der Waals surface area contributed by atoms with Crippen LogP contribution in [0.4, 0.5) is 0 Å². The average Bonchev–Trinajstić information content (AvgIpc) is 3.36. The van der Waals surface area contributed by atoms with Gasteiger partial charge in [0.1, 0.15) is 11.2 Å². The maximum Gasteiger partial charge on any atom is 0.303 e. The van der Waals surface area contributed by atoms with Crippen LogP contribution in [0.2, 0.25) is 0 Å². The Morgan fingerprint density at radius 1 is 1.30 bits per heavy atom. The Bertz CT molecular complexity index is 919. The Kier molecular flexibility index (Phi) is 3.97. The van der Waals surface area contributed by atoms with E-state index in [1.807, 2.05) is 19.9 Å². The summed E-state index contributed by atoms with van der Waals surface area (Å²) < 4.78 is 11.4. The van der Waals surface area contributed by atoms with Crippen LogP contribution in [0.5, 0.6) is 0 Å². The number of rotatable bonds is 3. The van der Waals surface area contributed by atoms with Crippen LogP contribution < -0.4 is 0 Å². The van der Waals surface area contributed by atoms with Crippen molar-refractivity contribution in [2.24, 2.45) is 28.6 Å². The van der Waals surface area contributed by atoms with Gasteiger partial charge in [0, 0.05) is 17.8 Å². The second-order valence-corrected chi connectivity index (χ2v) is 10.5. The van der Waals surface area contributed by atoms with Gasteiger partial charge < -0.3 is 14.6 Å². The topological polar surface area (TPSA) is 93.2 Å². The molecular weight excluding hydrogens is 384 g/mol. The quantitative estimate of drug-likeness (QED) is 0.564. The molecule has 0 amide bonds. The molecule has 4 aliphatic carbocycles. The second-order valence-electron chi connectivity index (χ2n) is 10.5. The lowest BCUT2D eigenvalue weighted by Crippen LogP contribution is -2.62. The Morgan fingerprint density at radius 2 is 2.03 bits per heavy atom. The number of Topliss-reactive ketones (excluding diaryl/α,β-unsaturated/α-hetero) is 1. The molecule has 0 aromatic carbocycles. The van der Waals surface area contributed by atoms with Gasteiger partial charge in [-0.15, -0.1) is 0 Å². The lowest BCUT2D eigenvalue weighted by Gasteiger charge is -2.55. The van der Waals surface area contributed by atoms with Gasteiger partial charge in [0.25, 0.3) is 0 Å². The number of hydrogen-bond acceptors (Lipinski definition) is 6. The minimum Gasteiger partial charge on any atom is -0.458 e. The minimum atomic E-state index is -1.54. The standard InChI is InChI=1S/C24H30O6/c1-13-9-18-17-6-5-15-10-16(26)7-8-21(15,3)24(17)20(30-24)11-22(18,4)23(13,28)19(27)12-29-14(2)25/h7-8,10,13,17-18,20,28H,5-6,9,11-12H2,1-4H3/t13-,17-,18-,20+,21-,22-,23-,24-/m0/s1. The summed E-state index contributed by atoms with van der Waals surface area (Å²) in [6.07, 6.45) is 8.43. The van der Waals surface area contributed by atoms with E-state index in [0.717, 1.165) is 24.8 Å².